The molecule has 0 aromatic carbocycles. The van der Waals surface area contributed by atoms with E-state index in [0.29, 0.717) is 60.0 Å². The zero-order valence-corrected chi connectivity index (χ0v) is 20.7. The number of halogens is 1. The number of pyridine rings is 2. The molecule has 3 N–H and O–H groups in total. The maximum Gasteiger partial charge on any atom is 0.223 e. The van der Waals surface area contributed by atoms with Gasteiger partial charge in [0.05, 0.1) is 23.7 Å². The minimum absolute atomic E-state index is 0.0555. The van der Waals surface area contributed by atoms with E-state index < -0.39 is 10.0 Å². The van der Waals surface area contributed by atoms with Gasteiger partial charge in [-0.1, -0.05) is 11.6 Å². The van der Waals surface area contributed by atoms with Gasteiger partial charge in [-0.05, 0) is 37.6 Å². The summed E-state index contributed by atoms with van der Waals surface area (Å²) in [6, 6.07) is 5.49. The molecule has 0 saturated carbocycles. The van der Waals surface area contributed by atoms with E-state index in [-0.39, 0.29) is 12.0 Å². The number of anilines is 3. The summed E-state index contributed by atoms with van der Waals surface area (Å²) in [4.78, 5) is 23.8. The maximum absolute atomic E-state index is 11.9. The molecule has 0 radical (unpaired) electrons. The van der Waals surface area contributed by atoms with Crippen molar-refractivity contribution in [2.45, 2.75) is 26.4 Å². The molecule has 1 fully saturated rings. The fourth-order valence-corrected chi connectivity index (χ4v) is 4.82. The molecule has 0 bridgehead atoms. The van der Waals surface area contributed by atoms with Crippen LogP contribution in [0.25, 0.3) is 11.4 Å². The molecule has 0 amide bonds. The largest absolute Gasteiger partial charge is 0.368 e. The van der Waals surface area contributed by atoms with Gasteiger partial charge in [0.15, 0.2) is 5.82 Å². The van der Waals surface area contributed by atoms with Crippen LogP contribution >= 0.6 is 11.6 Å². The Bertz CT molecular complexity index is 1270. The molecule has 4 rings (SSSR count). The van der Waals surface area contributed by atoms with Crippen LogP contribution in [0.2, 0.25) is 5.15 Å². The Hall–Kier alpha value is -2.93. The first-order chi connectivity index (χ1) is 16.1. The lowest BCUT2D eigenvalue weighted by Crippen LogP contribution is -2.52. The van der Waals surface area contributed by atoms with Crippen LogP contribution in [0.4, 0.5) is 17.5 Å². The van der Waals surface area contributed by atoms with E-state index in [9.17, 15) is 8.42 Å². The fourth-order valence-electron chi connectivity index (χ4n) is 3.81. The standard InChI is InChI=1S/C21H26ClN9O2S/c1-13-11-31(34(3,32)33)7-6-30(13)12-15-8-17(20-26-14(2)27-21(23)29-20)19(25-9-15)28-16-4-5-18(22)24-10-16/h4-5,8-10,13H,6-7,11-12H2,1-3H3,(H,25,28)(H2,23,26,27,29)/t13-/m0/s1. The second kappa shape index (κ2) is 9.74. The van der Waals surface area contributed by atoms with Crippen LogP contribution in [0, 0.1) is 6.92 Å². The monoisotopic (exact) mass is 503 g/mol. The Morgan fingerprint density at radius 3 is 2.62 bits per heavy atom. The predicted molar refractivity (Wildman–Crippen MR) is 131 cm³/mol. The molecule has 11 nitrogen and oxygen atoms in total. The minimum atomic E-state index is -3.21. The lowest BCUT2D eigenvalue weighted by atomic mass is 10.1. The smallest absolute Gasteiger partial charge is 0.223 e. The summed E-state index contributed by atoms with van der Waals surface area (Å²) in [6.07, 6.45) is 4.63. The highest BCUT2D eigenvalue weighted by Gasteiger charge is 2.29. The van der Waals surface area contributed by atoms with Crippen LogP contribution < -0.4 is 11.1 Å². The molecule has 34 heavy (non-hydrogen) atoms. The number of aromatic nitrogens is 5. The zero-order valence-electron chi connectivity index (χ0n) is 19.1. The third-order valence-corrected chi connectivity index (χ3v) is 7.02. The first-order valence-electron chi connectivity index (χ1n) is 10.6. The van der Waals surface area contributed by atoms with E-state index in [1.165, 1.54) is 10.6 Å². The van der Waals surface area contributed by atoms with Crippen molar-refractivity contribution in [3.05, 3.63) is 47.1 Å². The Labute approximate surface area is 203 Å². The Balaban J connectivity index is 1.64. The molecular weight excluding hydrogens is 478 g/mol. The third kappa shape index (κ3) is 5.76. The summed E-state index contributed by atoms with van der Waals surface area (Å²) in [5.41, 5.74) is 8.18. The first-order valence-corrected chi connectivity index (χ1v) is 12.9. The van der Waals surface area contributed by atoms with Crippen molar-refractivity contribution in [2.75, 3.05) is 36.9 Å². The number of hydrogen-bond donors (Lipinski definition) is 2. The molecule has 1 aliphatic heterocycles. The highest BCUT2D eigenvalue weighted by Crippen LogP contribution is 2.29. The number of piperazine rings is 1. The molecule has 3 aromatic rings. The van der Waals surface area contributed by atoms with E-state index in [1.807, 2.05) is 13.0 Å². The van der Waals surface area contributed by atoms with Crippen LogP contribution in [0.5, 0.6) is 0 Å². The summed E-state index contributed by atoms with van der Waals surface area (Å²) < 4.78 is 25.3. The van der Waals surface area contributed by atoms with E-state index in [1.54, 1.807) is 31.5 Å². The molecule has 0 unspecified atom stereocenters. The second-order valence-electron chi connectivity index (χ2n) is 8.24. The van der Waals surface area contributed by atoms with Crippen LogP contribution in [0.3, 0.4) is 0 Å². The van der Waals surface area contributed by atoms with Gasteiger partial charge in [-0.2, -0.15) is 14.3 Å². The van der Waals surface area contributed by atoms with Gasteiger partial charge in [-0.25, -0.2) is 23.4 Å². The molecule has 180 valence electrons. The van der Waals surface area contributed by atoms with Crippen molar-refractivity contribution in [1.29, 1.82) is 0 Å². The van der Waals surface area contributed by atoms with Gasteiger partial charge < -0.3 is 11.1 Å². The van der Waals surface area contributed by atoms with Crippen molar-refractivity contribution in [3.8, 4) is 11.4 Å². The van der Waals surface area contributed by atoms with E-state index >= 15 is 0 Å². The average Bonchev–Trinajstić information content (AvgIpc) is 2.76. The highest BCUT2D eigenvalue weighted by molar-refractivity contribution is 7.88. The van der Waals surface area contributed by atoms with Crippen molar-refractivity contribution in [1.82, 2.24) is 34.1 Å². The molecule has 0 spiro atoms. The highest BCUT2D eigenvalue weighted by atomic mass is 35.5. The number of rotatable bonds is 6. The minimum Gasteiger partial charge on any atom is -0.368 e. The van der Waals surface area contributed by atoms with E-state index in [2.05, 4.69) is 35.1 Å². The molecule has 13 heteroatoms. The van der Waals surface area contributed by atoms with Crippen molar-refractivity contribution >= 4 is 39.1 Å². The van der Waals surface area contributed by atoms with Crippen molar-refractivity contribution in [2.24, 2.45) is 0 Å². The molecule has 0 aliphatic carbocycles. The van der Waals surface area contributed by atoms with Gasteiger partial charge >= 0.3 is 0 Å². The number of nitrogen functional groups attached to an aromatic ring is 1. The number of hydrogen-bond acceptors (Lipinski definition) is 10. The SMILES string of the molecule is Cc1nc(N)nc(-c2cc(CN3CCN(S(C)(=O)=O)C[C@@H]3C)cnc2Nc2ccc(Cl)nc2)n1. The third-order valence-electron chi connectivity index (χ3n) is 5.52. The summed E-state index contributed by atoms with van der Waals surface area (Å²) >= 11 is 5.90. The number of nitrogens with two attached hydrogens (primary N) is 1. The van der Waals surface area contributed by atoms with Crippen LogP contribution in [-0.4, -0.2) is 74.5 Å². The molecule has 4 heterocycles. The van der Waals surface area contributed by atoms with Crippen LogP contribution in [0.15, 0.2) is 30.6 Å². The molecule has 1 atom stereocenters. The lowest BCUT2D eigenvalue weighted by Gasteiger charge is -2.38. The van der Waals surface area contributed by atoms with Crippen LogP contribution in [-0.2, 0) is 16.6 Å². The molecule has 3 aromatic heterocycles. The Morgan fingerprint density at radius 1 is 1.18 bits per heavy atom. The molecule has 1 aliphatic rings. The molecular formula is C21H26ClN9O2S. The summed E-state index contributed by atoms with van der Waals surface area (Å²) in [7, 11) is -3.21. The average molecular weight is 504 g/mol. The van der Waals surface area contributed by atoms with Crippen molar-refractivity contribution < 1.29 is 8.42 Å². The summed E-state index contributed by atoms with van der Waals surface area (Å²) in [5.74, 6) is 1.56. The number of sulfonamides is 1. The fraction of sp³-hybridized carbons (Fsp3) is 0.381. The van der Waals surface area contributed by atoms with Crippen LogP contribution in [0.1, 0.15) is 18.3 Å². The quantitative estimate of drug-likeness (QED) is 0.479. The predicted octanol–water partition coefficient (Wildman–Crippen LogP) is 2.08. The Kier molecular flexibility index (Phi) is 6.94. The lowest BCUT2D eigenvalue weighted by molar-refractivity contribution is 0.122. The summed E-state index contributed by atoms with van der Waals surface area (Å²) in [6.45, 7) is 5.89. The van der Waals surface area contributed by atoms with Gasteiger partial charge in [0.1, 0.15) is 16.8 Å². The van der Waals surface area contributed by atoms with E-state index in [0.717, 1.165) is 5.56 Å². The first kappa shape index (κ1) is 24.2. The number of nitrogens with zero attached hydrogens (tertiary/aromatic N) is 7. The van der Waals surface area contributed by atoms with Crippen molar-refractivity contribution in [3.63, 3.8) is 0 Å². The number of aryl methyl sites for hydroxylation is 1. The molecule has 1 saturated heterocycles. The van der Waals surface area contributed by atoms with Gasteiger partial charge in [0.25, 0.3) is 0 Å². The Morgan fingerprint density at radius 2 is 1.97 bits per heavy atom. The van der Waals surface area contributed by atoms with E-state index in [4.69, 9.17) is 17.3 Å². The topological polar surface area (TPSA) is 143 Å². The second-order valence-corrected chi connectivity index (χ2v) is 10.6. The zero-order chi connectivity index (χ0) is 24.5. The maximum atomic E-state index is 11.9. The van der Waals surface area contributed by atoms with Gasteiger partial charge in [-0.15, -0.1) is 0 Å². The number of nitrogens with one attached hydrogen (secondary N) is 1. The van der Waals surface area contributed by atoms with Gasteiger partial charge in [0, 0.05) is 38.4 Å². The van der Waals surface area contributed by atoms with Gasteiger partial charge in [-0.3, -0.25) is 4.90 Å². The normalized spacial score (nSPS) is 17.6. The summed E-state index contributed by atoms with van der Waals surface area (Å²) in [5, 5.41) is 3.63. The van der Waals surface area contributed by atoms with Gasteiger partial charge in [0.2, 0.25) is 16.0 Å².